The molecule has 27 heavy (non-hydrogen) atoms. The van der Waals surface area contributed by atoms with Gasteiger partial charge in [-0.05, 0) is 25.2 Å². The van der Waals surface area contributed by atoms with E-state index in [1.807, 2.05) is 12.1 Å². The number of benzene rings is 2. The Kier molecular flexibility index (Phi) is 7.13. The summed E-state index contributed by atoms with van der Waals surface area (Å²) in [6.07, 6.45) is 0. The summed E-state index contributed by atoms with van der Waals surface area (Å²) < 4.78 is 24.1. The summed E-state index contributed by atoms with van der Waals surface area (Å²) in [4.78, 5) is 25.6. The number of halogens is 1. The molecule has 0 atom stereocenters. The Morgan fingerprint density at radius 2 is 1.81 bits per heavy atom. The van der Waals surface area contributed by atoms with Crippen LogP contribution in [0.1, 0.15) is 5.56 Å². The van der Waals surface area contributed by atoms with E-state index in [1.165, 1.54) is 18.2 Å². The molecule has 0 aliphatic rings. The second-order valence-electron chi connectivity index (χ2n) is 5.81. The van der Waals surface area contributed by atoms with Crippen LogP contribution in [-0.2, 0) is 11.3 Å². The molecule has 2 rings (SSSR count). The maximum atomic E-state index is 13.5. The number of para-hydroxylation sites is 2. The predicted octanol–water partition coefficient (Wildman–Crippen LogP) is 2.62. The fourth-order valence-electron chi connectivity index (χ4n) is 2.55. The molecule has 0 radical (unpaired) electrons. The van der Waals surface area contributed by atoms with E-state index >= 15 is 0 Å². The Labute approximate surface area is 157 Å². The molecule has 2 aromatic carbocycles. The molecule has 0 aliphatic heterocycles. The lowest BCUT2D eigenvalue weighted by Gasteiger charge is -2.19. The van der Waals surface area contributed by atoms with Gasteiger partial charge in [0.2, 0.25) is 5.91 Å². The van der Waals surface area contributed by atoms with E-state index in [1.54, 1.807) is 38.3 Å². The predicted molar refractivity (Wildman–Crippen MR) is 99.4 cm³/mol. The topological polar surface area (TPSA) is 79.9 Å². The SMILES string of the molecule is COc1cccc(CN(C)CC(=O)NC(=O)Nc2ccccc2F)c1OC. The van der Waals surface area contributed by atoms with Gasteiger partial charge in [0.25, 0.3) is 0 Å². The van der Waals surface area contributed by atoms with Gasteiger partial charge in [0.15, 0.2) is 11.5 Å². The van der Waals surface area contributed by atoms with Crippen molar-refractivity contribution in [1.29, 1.82) is 0 Å². The highest BCUT2D eigenvalue weighted by atomic mass is 19.1. The number of imide groups is 1. The standard InChI is InChI=1S/C19H22FN3O4/c1-23(11-13-7-6-10-16(26-2)18(13)27-3)12-17(24)22-19(25)21-15-9-5-4-8-14(15)20/h4-10H,11-12H2,1-3H3,(H2,21,22,24,25). The molecule has 0 spiro atoms. The second-order valence-corrected chi connectivity index (χ2v) is 5.81. The van der Waals surface area contributed by atoms with Gasteiger partial charge in [-0.2, -0.15) is 0 Å². The van der Waals surface area contributed by atoms with Gasteiger partial charge in [0.1, 0.15) is 5.82 Å². The first kappa shape index (κ1) is 20.2. The van der Waals surface area contributed by atoms with Gasteiger partial charge in [-0.15, -0.1) is 0 Å². The van der Waals surface area contributed by atoms with Crippen molar-refractivity contribution < 1.29 is 23.5 Å². The number of nitrogens with zero attached hydrogens (tertiary/aromatic N) is 1. The normalized spacial score (nSPS) is 10.4. The number of ether oxygens (including phenoxy) is 2. The Bertz CT molecular complexity index is 813. The molecule has 3 amide bonds. The molecule has 8 heteroatoms. The van der Waals surface area contributed by atoms with Crippen LogP contribution in [0.25, 0.3) is 0 Å². The average molecular weight is 375 g/mol. The zero-order chi connectivity index (χ0) is 19.8. The molecule has 0 heterocycles. The quantitative estimate of drug-likeness (QED) is 0.778. The summed E-state index contributed by atoms with van der Waals surface area (Å²) in [6, 6.07) is 10.4. The Morgan fingerprint density at radius 3 is 2.48 bits per heavy atom. The van der Waals surface area contributed by atoms with E-state index < -0.39 is 17.8 Å². The lowest BCUT2D eigenvalue weighted by atomic mass is 10.1. The zero-order valence-corrected chi connectivity index (χ0v) is 15.4. The Balaban J connectivity index is 1.90. The number of anilines is 1. The molecule has 7 nitrogen and oxygen atoms in total. The third kappa shape index (κ3) is 5.68. The van der Waals surface area contributed by atoms with Gasteiger partial charge in [-0.25, -0.2) is 9.18 Å². The molecule has 0 bridgehead atoms. The number of methoxy groups -OCH3 is 2. The van der Waals surface area contributed by atoms with Crippen LogP contribution >= 0.6 is 0 Å². The summed E-state index contributed by atoms with van der Waals surface area (Å²) >= 11 is 0. The third-order valence-electron chi connectivity index (χ3n) is 3.71. The molecule has 144 valence electrons. The average Bonchev–Trinajstić information content (AvgIpc) is 2.63. The largest absolute Gasteiger partial charge is 0.493 e. The smallest absolute Gasteiger partial charge is 0.326 e. The summed E-state index contributed by atoms with van der Waals surface area (Å²) in [7, 11) is 4.82. The number of amides is 3. The van der Waals surface area contributed by atoms with E-state index in [0.29, 0.717) is 18.0 Å². The maximum Gasteiger partial charge on any atom is 0.326 e. The first-order valence-corrected chi connectivity index (χ1v) is 8.18. The van der Waals surface area contributed by atoms with Crippen LogP contribution in [0.4, 0.5) is 14.9 Å². The van der Waals surface area contributed by atoms with Crippen molar-refractivity contribution in [2.45, 2.75) is 6.54 Å². The minimum absolute atomic E-state index is 0.00253. The number of likely N-dealkylation sites (N-methyl/N-ethyl adjacent to an activating group) is 1. The molecular weight excluding hydrogens is 353 g/mol. The van der Waals surface area contributed by atoms with Gasteiger partial charge in [-0.3, -0.25) is 15.0 Å². The number of nitrogens with one attached hydrogen (secondary N) is 2. The van der Waals surface area contributed by atoms with Gasteiger partial charge in [0, 0.05) is 12.1 Å². The number of urea groups is 1. The van der Waals surface area contributed by atoms with Crippen LogP contribution in [0.3, 0.4) is 0 Å². The fourth-order valence-corrected chi connectivity index (χ4v) is 2.55. The molecule has 2 N–H and O–H groups in total. The first-order chi connectivity index (χ1) is 12.9. The second kappa shape index (κ2) is 9.54. The number of hydrogen-bond acceptors (Lipinski definition) is 5. The van der Waals surface area contributed by atoms with Gasteiger partial charge >= 0.3 is 6.03 Å². The van der Waals surface area contributed by atoms with Crippen LogP contribution in [0.5, 0.6) is 11.5 Å². The maximum absolute atomic E-state index is 13.5. The summed E-state index contributed by atoms with van der Waals surface area (Å²) in [5.41, 5.74) is 0.834. The monoisotopic (exact) mass is 375 g/mol. The van der Waals surface area contributed by atoms with E-state index in [9.17, 15) is 14.0 Å². The highest BCUT2D eigenvalue weighted by Crippen LogP contribution is 2.31. The number of carbonyl (C=O) groups is 2. The van der Waals surface area contributed by atoms with Crippen molar-refractivity contribution in [3.8, 4) is 11.5 Å². The Hall–Kier alpha value is -3.13. The molecule has 0 unspecified atom stereocenters. The van der Waals surface area contributed by atoms with Crippen molar-refractivity contribution in [3.05, 3.63) is 53.8 Å². The molecule has 0 saturated carbocycles. The molecule has 0 aromatic heterocycles. The van der Waals surface area contributed by atoms with Crippen molar-refractivity contribution in [2.75, 3.05) is 33.1 Å². The van der Waals surface area contributed by atoms with Crippen molar-refractivity contribution in [1.82, 2.24) is 10.2 Å². The van der Waals surface area contributed by atoms with Gasteiger partial charge in [0.05, 0.1) is 26.5 Å². The Morgan fingerprint density at radius 1 is 1.07 bits per heavy atom. The minimum Gasteiger partial charge on any atom is -0.493 e. The van der Waals surface area contributed by atoms with Crippen LogP contribution in [0, 0.1) is 5.82 Å². The van der Waals surface area contributed by atoms with Gasteiger partial charge < -0.3 is 14.8 Å². The van der Waals surface area contributed by atoms with Crippen LogP contribution in [-0.4, -0.2) is 44.7 Å². The molecule has 2 aromatic rings. The molecule has 0 fully saturated rings. The number of rotatable bonds is 7. The lowest BCUT2D eigenvalue weighted by Crippen LogP contribution is -2.40. The van der Waals surface area contributed by atoms with E-state index in [0.717, 1.165) is 5.56 Å². The third-order valence-corrected chi connectivity index (χ3v) is 3.71. The fraction of sp³-hybridized carbons (Fsp3) is 0.263. The molecular formula is C19H22FN3O4. The molecule has 0 aliphatic carbocycles. The van der Waals surface area contributed by atoms with E-state index in [-0.39, 0.29) is 12.2 Å². The van der Waals surface area contributed by atoms with Crippen molar-refractivity contribution in [2.24, 2.45) is 0 Å². The summed E-state index contributed by atoms with van der Waals surface area (Å²) in [5, 5.41) is 4.47. The zero-order valence-electron chi connectivity index (χ0n) is 15.4. The van der Waals surface area contributed by atoms with Crippen LogP contribution in [0.15, 0.2) is 42.5 Å². The highest BCUT2D eigenvalue weighted by molar-refractivity contribution is 6.01. The number of hydrogen-bond donors (Lipinski definition) is 2. The van der Waals surface area contributed by atoms with Gasteiger partial charge in [-0.1, -0.05) is 24.3 Å². The lowest BCUT2D eigenvalue weighted by molar-refractivity contribution is -0.120. The minimum atomic E-state index is -0.794. The summed E-state index contributed by atoms with van der Waals surface area (Å²) in [6.45, 7) is 0.369. The molecule has 0 saturated heterocycles. The van der Waals surface area contributed by atoms with Crippen molar-refractivity contribution >= 4 is 17.6 Å². The van der Waals surface area contributed by atoms with Crippen LogP contribution in [0.2, 0.25) is 0 Å². The van der Waals surface area contributed by atoms with E-state index in [4.69, 9.17) is 9.47 Å². The van der Waals surface area contributed by atoms with E-state index in [2.05, 4.69) is 10.6 Å². The van der Waals surface area contributed by atoms with Crippen molar-refractivity contribution in [3.63, 3.8) is 0 Å². The first-order valence-electron chi connectivity index (χ1n) is 8.18. The highest BCUT2D eigenvalue weighted by Gasteiger charge is 2.15. The number of carbonyl (C=O) groups excluding carboxylic acids is 2. The van der Waals surface area contributed by atoms with Crippen LogP contribution < -0.4 is 20.1 Å². The summed E-state index contributed by atoms with van der Waals surface area (Å²) in [5.74, 6) is 0.0808.